The van der Waals surface area contributed by atoms with Gasteiger partial charge in [-0.15, -0.1) is 11.6 Å². The first-order valence-corrected chi connectivity index (χ1v) is 5.79. The quantitative estimate of drug-likeness (QED) is 0.852. The van der Waals surface area contributed by atoms with Gasteiger partial charge in [0.25, 0.3) is 0 Å². The Morgan fingerprint density at radius 3 is 2.63 bits per heavy atom. The predicted molar refractivity (Wildman–Crippen MR) is 64.4 cm³/mol. The first kappa shape index (κ1) is 14.0. The monoisotopic (exact) mass is 294 g/mol. The molecule has 2 aromatic rings. The summed E-state index contributed by atoms with van der Waals surface area (Å²) in [5, 5.41) is -0.717. The maximum Gasteiger partial charge on any atom is 0.411 e. The van der Waals surface area contributed by atoms with Gasteiger partial charge in [-0.05, 0) is 17.7 Å². The normalized spacial score (nSPS) is 13.9. The molecule has 2 rings (SSSR count). The standard InChI is InChI=1S/C11H10ClF3N2O2/c12-7(4-19-5-11(13,14)15)6-1-2-8-9(3-6)17-10(18)16-8/h1-3,7H,4-5H2,(H2,16,17,18). The number of aromatic nitrogens is 2. The van der Waals surface area contributed by atoms with Crippen LogP contribution in [0.2, 0.25) is 0 Å². The molecule has 0 bridgehead atoms. The first-order chi connectivity index (χ1) is 8.85. The largest absolute Gasteiger partial charge is 0.411 e. The molecule has 0 aliphatic heterocycles. The number of H-pyrrole nitrogens is 2. The number of ether oxygens (including phenoxy) is 1. The fraction of sp³-hybridized carbons (Fsp3) is 0.364. The lowest BCUT2D eigenvalue weighted by molar-refractivity contribution is -0.173. The van der Waals surface area contributed by atoms with Crippen LogP contribution in [0.25, 0.3) is 11.0 Å². The molecule has 0 aliphatic rings. The third-order valence-corrected chi connectivity index (χ3v) is 2.81. The van der Waals surface area contributed by atoms with Crippen molar-refractivity contribution in [2.24, 2.45) is 0 Å². The van der Waals surface area contributed by atoms with Crippen molar-refractivity contribution < 1.29 is 17.9 Å². The Morgan fingerprint density at radius 1 is 1.26 bits per heavy atom. The van der Waals surface area contributed by atoms with Crippen LogP contribution in [-0.2, 0) is 4.74 Å². The lowest BCUT2D eigenvalue weighted by Crippen LogP contribution is -2.18. The number of rotatable bonds is 4. The van der Waals surface area contributed by atoms with Crippen LogP contribution in [0.3, 0.4) is 0 Å². The molecule has 2 N–H and O–H groups in total. The highest BCUT2D eigenvalue weighted by molar-refractivity contribution is 6.21. The second-order valence-corrected chi connectivity index (χ2v) is 4.51. The Kier molecular flexibility index (Phi) is 3.86. The highest BCUT2D eigenvalue weighted by Gasteiger charge is 2.27. The zero-order valence-electron chi connectivity index (χ0n) is 9.55. The maximum absolute atomic E-state index is 11.9. The van der Waals surface area contributed by atoms with Crippen LogP contribution in [0.15, 0.2) is 23.0 Å². The molecule has 8 heteroatoms. The van der Waals surface area contributed by atoms with Gasteiger partial charge in [0.1, 0.15) is 6.61 Å². The van der Waals surface area contributed by atoms with Crippen LogP contribution in [0.1, 0.15) is 10.9 Å². The van der Waals surface area contributed by atoms with Crippen molar-refractivity contribution in [3.63, 3.8) is 0 Å². The van der Waals surface area contributed by atoms with Gasteiger partial charge in [-0.1, -0.05) is 6.07 Å². The van der Waals surface area contributed by atoms with Gasteiger partial charge >= 0.3 is 11.9 Å². The van der Waals surface area contributed by atoms with Crippen LogP contribution in [-0.4, -0.2) is 29.4 Å². The van der Waals surface area contributed by atoms with Crippen LogP contribution in [0.4, 0.5) is 13.2 Å². The van der Waals surface area contributed by atoms with Crippen LogP contribution in [0, 0.1) is 0 Å². The fourth-order valence-corrected chi connectivity index (χ4v) is 1.84. The number of benzene rings is 1. The highest BCUT2D eigenvalue weighted by atomic mass is 35.5. The lowest BCUT2D eigenvalue weighted by atomic mass is 10.1. The molecule has 19 heavy (non-hydrogen) atoms. The van der Waals surface area contributed by atoms with Crippen LogP contribution < -0.4 is 5.69 Å². The second kappa shape index (κ2) is 5.26. The van der Waals surface area contributed by atoms with E-state index < -0.39 is 18.2 Å². The minimum absolute atomic E-state index is 0.263. The Labute approximate surface area is 110 Å². The summed E-state index contributed by atoms with van der Waals surface area (Å²) in [6, 6.07) is 4.85. The summed E-state index contributed by atoms with van der Waals surface area (Å²) >= 11 is 5.95. The van der Waals surface area contributed by atoms with Gasteiger partial charge in [0.2, 0.25) is 0 Å². The van der Waals surface area contributed by atoms with E-state index in [0.29, 0.717) is 16.6 Å². The van der Waals surface area contributed by atoms with Gasteiger partial charge < -0.3 is 14.7 Å². The Balaban J connectivity index is 2.04. The SMILES string of the molecule is O=c1[nH]c2ccc(C(Cl)COCC(F)(F)F)cc2[nH]1. The molecular formula is C11H10ClF3N2O2. The smallest absolute Gasteiger partial charge is 0.370 e. The number of nitrogens with one attached hydrogen (secondary N) is 2. The topological polar surface area (TPSA) is 57.9 Å². The van der Waals surface area contributed by atoms with E-state index in [0.717, 1.165) is 0 Å². The summed E-state index contributed by atoms with van der Waals surface area (Å²) in [6.07, 6.45) is -4.37. The molecule has 1 unspecified atom stereocenters. The summed E-state index contributed by atoms with van der Waals surface area (Å²) in [7, 11) is 0. The van der Waals surface area contributed by atoms with Crippen molar-refractivity contribution in [3.8, 4) is 0 Å². The molecule has 1 aromatic heterocycles. The van der Waals surface area contributed by atoms with Crippen molar-refractivity contribution in [2.75, 3.05) is 13.2 Å². The first-order valence-electron chi connectivity index (χ1n) is 5.36. The lowest BCUT2D eigenvalue weighted by Gasteiger charge is -2.12. The zero-order chi connectivity index (χ0) is 14.0. The average molecular weight is 295 g/mol. The average Bonchev–Trinajstić information content (AvgIpc) is 2.65. The summed E-state index contributed by atoms with van der Waals surface area (Å²) in [4.78, 5) is 16.2. The molecule has 1 heterocycles. The molecule has 0 aliphatic carbocycles. The van der Waals surface area contributed by atoms with Crippen molar-refractivity contribution in [1.82, 2.24) is 9.97 Å². The number of imidazole rings is 1. The van der Waals surface area contributed by atoms with Crippen LogP contribution >= 0.6 is 11.6 Å². The molecule has 0 amide bonds. The number of fused-ring (bicyclic) bond motifs is 1. The van der Waals surface area contributed by atoms with Gasteiger partial charge in [0.15, 0.2) is 0 Å². The molecular weight excluding hydrogens is 285 g/mol. The van der Waals surface area contributed by atoms with E-state index in [-0.39, 0.29) is 12.3 Å². The maximum atomic E-state index is 11.9. The van der Waals surface area contributed by atoms with Gasteiger partial charge in [0.05, 0.1) is 23.0 Å². The molecule has 104 valence electrons. The van der Waals surface area contributed by atoms with Gasteiger partial charge in [-0.25, -0.2) is 4.79 Å². The number of alkyl halides is 4. The zero-order valence-corrected chi connectivity index (χ0v) is 10.3. The summed E-state index contributed by atoms with van der Waals surface area (Å²) in [6.45, 7) is -1.60. The molecule has 0 fully saturated rings. The molecule has 1 atom stereocenters. The number of hydrogen-bond acceptors (Lipinski definition) is 2. The molecule has 0 saturated carbocycles. The van der Waals surface area contributed by atoms with E-state index in [1.165, 1.54) is 0 Å². The molecule has 4 nitrogen and oxygen atoms in total. The van der Waals surface area contributed by atoms with E-state index in [9.17, 15) is 18.0 Å². The third kappa shape index (κ3) is 3.74. The highest BCUT2D eigenvalue weighted by Crippen LogP contribution is 2.24. The summed E-state index contributed by atoms with van der Waals surface area (Å²) < 4.78 is 40.2. The molecule has 1 aromatic carbocycles. The van der Waals surface area contributed by atoms with Gasteiger partial charge in [0, 0.05) is 0 Å². The van der Waals surface area contributed by atoms with Crippen molar-refractivity contribution >= 4 is 22.6 Å². The fourth-order valence-electron chi connectivity index (χ4n) is 1.62. The van der Waals surface area contributed by atoms with Gasteiger partial charge in [-0.3, -0.25) is 0 Å². The summed E-state index contributed by atoms with van der Waals surface area (Å²) in [5.74, 6) is 0. The predicted octanol–water partition coefficient (Wildman–Crippen LogP) is 2.72. The Bertz CT molecular complexity index is 620. The van der Waals surface area contributed by atoms with E-state index in [2.05, 4.69) is 14.7 Å². The van der Waals surface area contributed by atoms with E-state index >= 15 is 0 Å². The molecule has 0 spiro atoms. The second-order valence-electron chi connectivity index (χ2n) is 3.98. The third-order valence-electron chi connectivity index (χ3n) is 2.43. The summed E-state index contributed by atoms with van der Waals surface area (Å²) in [5.41, 5.74) is 1.37. The Morgan fingerprint density at radius 2 is 1.95 bits per heavy atom. The minimum atomic E-state index is -4.37. The Hall–Kier alpha value is -1.47. The minimum Gasteiger partial charge on any atom is -0.370 e. The molecule has 0 radical (unpaired) electrons. The number of halogens is 4. The van der Waals surface area contributed by atoms with Crippen LogP contribution in [0.5, 0.6) is 0 Å². The van der Waals surface area contributed by atoms with E-state index in [1.54, 1.807) is 18.2 Å². The number of hydrogen-bond donors (Lipinski definition) is 2. The van der Waals surface area contributed by atoms with Crippen molar-refractivity contribution in [3.05, 3.63) is 34.2 Å². The van der Waals surface area contributed by atoms with E-state index in [4.69, 9.17) is 11.6 Å². The van der Waals surface area contributed by atoms with Crippen molar-refractivity contribution in [2.45, 2.75) is 11.6 Å². The van der Waals surface area contributed by atoms with E-state index in [1.807, 2.05) is 0 Å². The van der Waals surface area contributed by atoms with Gasteiger partial charge in [-0.2, -0.15) is 13.2 Å². The molecule has 0 saturated heterocycles. The van der Waals surface area contributed by atoms with Crippen molar-refractivity contribution in [1.29, 1.82) is 0 Å². The number of aromatic amines is 2.